The third-order valence-electron chi connectivity index (χ3n) is 5.17. The van der Waals surface area contributed by atoms with Gasteiger partial charge in [-0.25, -0.2) is 8.42 Å². The number of aliphatic hydroxyl groups excluding tert-OH is 1. The minimum absolute atomic E-state index is 0.0195. The van der Waals surface area contributed by atoms with Crippen molar-refractivity contribution in [3.8, 4) is 5.75 Å². The lowest BCUT2D eigenvalue weighted by Crippen LogP contribution is -2.61. The highest BCUT2D eigenvalue weighted by Gasteiger charge is 2.48. The van der Waals surface area contributed by atoms with Gasteiger partial charge in [-0.1, -0.05) is 6.07 Å². The van der Waals surface area contributed by atoms with Crippen LogP contribution in [0.1, 0.15) is 15.9 Å². The molecule has 0 aliphatic carbocycles. The van der Waals surface area contributed by atoms with Gasteiger partial charge >= 0.3 is 0 Å². The van der Waals surface area contributed by atoms with E-state index in [1.165, 1.54) is 0 Å². The van der Waals surface area contributed by atoms with Gasteiger partial charge in [-0.2, -0.15) is 0 Å². The number of benzene rings is 1. The number of piperazine rings is 1. The lowest BCUT2D eigenvalue weighted by molar-refractivity contribution is 0.0280. The van der Waals surface area contributed by atoms with Crippen LogP contribution in [0.25, 0.3) is 0 Å². The van der Waals surface area contributed by atoms with E-state index in [0.717, 1.165) is 5.56 Å². The van der Waals surface area contributed by atoms with Gasteiger partial charge in [0.25, 0.3) is 5.91 Å². The normalized spacial score (nSPS) is 25.6. The number of hydrogen-bond acceptors (Lipinski definition) is 6. The Morgan fingerprint density at radius 3 is 2.68 bits per heavy atom. The fraction of sp³-hybridized carbons (Fsp3) is 0.588. The molecule has 1 amide bonds. The Balaban J connectivity index is 1.91. The van der Waals surface area contributed by atoms with Crippen LogP contribution >= 0.6 is 0 Å². The number of β-amino-alcohol motifs (C(OH)–C–C–N with tert-alkyl or cyclic N) is 1. The van der Waals surface area contributed by atoms with Crippen molar-refractivity contribution in [2.24, 2.45) is 0 Å². The first-order valence-electron chi connectivity index (χ1n) is 8.38. The van der Waals surface area contributed by atoms with E-state index in [1.807, 2.05) is 11.8 Å². The molecule has 0 spiro atoms. The van der Waals surface area contributed by atoms with Gasteiger partial charge in [0, 0.05) is 36.8 Å². The van der Waals surface area contributed by atoms with E-state index < -0.39 is 9.84 Å². The molecular weight excluding hydrogens is 344 g/mol. The third-order valence-corrected chi connectivity index (χ3v) is 6.87. The second-order valence-corrected chi connectivity index (χ2v) is 8.76. The number of nitrogens with zero attached hydrogens (tertiary/aromatic N) is 2. The average Bonchev–Trinajstić information content (AvgIpc) is 2.90. The summed E-state index contributed by atoms with van der Waals surface area (Å²) in [7, 11) is -1.63. The van der Waals surface area contributed by atoms with Crippen molar-refractivity contribution in [2.45, 2.75) is 19.0 Å². The summed E-state index contributed by atoms with van der Waals surface area (Å²) < 4.78 is 29.6. The predicted molar refractivity (Wildman–Crippen MR) is 93.7 cm³/mol. The first kappa shape index (κ1) is 18.2. The van der Waals surface area contributed by atoms with Crippen molar-refractivity contribution in [3.63, 3.8) is 0 Å². The predicted octanol–water partition coefficient (Wildman–Crippen LogP) is -0.0807. The number of amides is 1. The van der Waals surface area contributed by atoms with Crippen LogP contribution in [0.15, 0.2) is 18.2 Å². The van der Waals surface area contributed by atoms with E-state index >= 15 is 0 Å². The molecule has 0 saturated carbocycles. The smallest absolute Gasteiger partial charge is 0.254 e. The second kappa shape index (κ2) is 6.93. The van der Waals surface area contributed by atoms with Gasteiger partial charge in [0.1, 0.15) is 5.75 Å². The summed E-state index contributed by atoms with van der Waals surface area (Å²) in [6, 6.07) is 4.70. The molecule has 2 aliphatic heterocycles. The van der Waals surface area contributed by atoms with Crippen LogP contribution in [0.5, 0.6) is 5.75 Å². The molecule has 0 bridgehead atoms. The van der Waals surface area contributed by atoms with E-state index in [2.05, 4.69) is 0 Å². The maximum Gasteiger partial charge on any atom is 0.254 e. The zero-order valence-electron chi connectivity index (χ0n) is 14.5. The minimum atomic E-state index is -3.19. The standard InChI is InChI=1S/C17H24N2O5S/c1-12-13(4-3-5-16(12)24-2)17(21)19-7-6-18(8-9-20)14-10-25(22,23)11-15(14)19/h3-5,14-15,20H,6-11H2,1-2H3/t14-,15+/m1/s1. The number of carbonyl (C=O) groups excluding carboxylic acids is 1. The monoisotopic (exact) mass is 368 g/mol. The van der Waals surface area contributed by atoms with Gasteiger partial charge in [0.15, 0.2) is 9.84 Å². The lowest BCUT2D eigenvalue weighted by atomic mass is 10.0. The highest BCUT2D eigenvalue weighted by molar-refractivity contribution is 7.91. The first-order chi connectivity index (χ1) is 11.9. The Bertz CT molecular complexity index is 764. The zero-order chi connectivity index (χ0) is 18.2. The number of sulfone groups is 1. The van der Waals surface area contributed by atoms with Crippen molar-refractivity contribution < 1.29 is 23.1 Å². The van der Waals surface area contributed by atoms with Crippen molar-refractivity contribution in [1.29, 1.82) is 0 Å². The maximum absolute atomic E-state index is 13.1. The first-order valence-corrected chi connectivity index (χ1v) is 10.2. The van der Waals surface area contributed by atoms with Crippen molar-refractivity contribution in [2.75, 3.05) is 44.9 Å². The van der Waals surface area contributed by atoms with E-state index in [-0.39, 0.29) is 36.1 Å². The number of ether oxygens (including phenoxy) is 1. The molecule has 3 rings (SSSR count). The van der Waals surface area contributed by atoms with Gasteiger partial charge in [0.2, 0.25) is 0 Å². The van der Waals surface area contributed by atoms with E-state index in [4.69, 9.17) is 4.74 Å². The van der Waals surface area contributed by atoms with E-state index in [0.29, 0.717) is 30.9 Å². The van der Waals surface area contributed by atoms with Crippen molar-refractivity contribution in [3.05, 3.63) is 29.3 Å². The van der Waals surface area contributed by atoms with Crippen LogP contribution in [-0.2, 0) is 9.84 Å². The molecule has 2 atom stereocenters. The number of hydrogen-bond donors (Lipinski definition) is 1. The Morgan fingerprint density at radius 2 is 2.00 bits per heavy atom. The fourth-order valence-corrected chi connectivity index (χ4v) is 5.92. The molecule has 2 saturated heterocycles. The van der Waals surface area contributed by atoms with Crippen molar-refractivity contribution >= 4 is 15.7 Å². The third kappa shape index (κ3) is 3.38. The molecule has 7 nitrogen and oxygen atoms in total. The largest absolute Gasteiger partial charge is 0.496 e. The molecule has 0 unspecified atom stereocenters. The van der Waals surface area contributed by atoms with Crippen LogP contribution in [0.3, 0.4) is 0 Å². The second-order valence-electron chi connectivity index (χ2n) is 6.60. The molecule has 1 aromatic rings. The van der Waals surface area contributed by atoms with Gasteiger partial charge in [-0.3, -0.25) is 9.69 Å². The maximum atomic E-state index is 13.1. The van der Waals surface area contributed by atoms with Crippen LogP contribution in [-0.4, -0.2) is 86.2 Å². The topological polar surface area (TPSA) is 87.2 Å². The molecule has 0 aromatic heterocycles. The Morgan fingerprint density at radius 1 is 1.28 bits per heavy atom. The van der Waals surface area contributed by atoms with Gasteiger partial charge < -0.3 is 14.7 Å². The summed E-state index contributed by atoms with van der Waals surface area (Å²) in [4.78, 5) is 16.8. The summed E-state index contributed by atoms with van der Waals surface area (Å²) in [6.45, 7) is 3.25. The highest BCUT2D eigenvalue weighted by Crippen LogP contribution is 2.30. The van der Waals surface area contributed by atoms with Gasteiger partial charge in [-0.15, -0.1) is 0 Å². The summed E-state index contributed by atoms with van der Waals surface area (Å²) in [5.41, 5.74) is 1.29. The Labute approximate surface area is 148 Å². The zero-order valence-corrected chi connectivity index (χ0v) is 15.3. The molecule has 25 heavy (non-hydrogen) atoms. The summed E-state index contributed by atoms with van der Waals surface area (Å²) >= 11 is 0. The number of rotatable bonds is 4. The van der Waals surface area contributed by atoms with Crippen LogP contribution in [0.4, 0.5) is 0 Å². The summed E-state index contributed by atoms with van der Waals surface area (Å²) in [5, 5.41) is 9.23. The number of aliphatic hydroxyl groups is 1. The van der Waals surface area contributed by atoms with Crippen LogP contribution in [0, 0.1) is 6.92 Å². The molecule has 1 aromatic carbocycles. The van der Waals surface area contributed by atoms with E-state index in [1.54, 1.807) is 30.2 Å². The molecule has 0 radical (unpaired) electrons. The lowest BCUT2D eigenvalue weighted by Gasteiger charge is -2.43. The van der Waals surface area contributed by atoms with E-state index in [9.17, 15) is 18.3 Å². The average molecular weight is 368 g/mol. The number of carbonyl (C=O) groups is 1. The minimum Gasteiger partial charge on any atom is -0.496 e. The molecule has 2 heterocycles. The van der Waals surface area contributed by atoms with Crippen molar-refractivity contribution in [1.82, 2.24) is 9.80 Å². The van der Waals surface area contributed by atoms with Gasteiger partial charge in [-0.05, 0) is 19.1 Å². The molecule has 2 aliphatic rings. The fourth-order valence-electron chi connectivity index (χ4n) is 3.91. The highest BCUT2D eigenvalue weighted by atomic mass is 32.2. The summed E-state index contributed by atoms with van der Waals surface area (Å²) in [5.74, 6) is 0.500. The Kier molecular flexibility index (Phi) is 5.04. The molecule has 138 valence electrons. The number of methoxy groups -OCH3 is 1. The molecule has 8 heteroatoms. The van der Waals surface area contributed by atoms with Gasteiger partial charge in [0.05, 0.1) is 31.3 Å². The van der Waals surface area contributed by atoms with Crippen LogP contribution in [0.2, 0.25) is 0 Å². The summed E-state index contributed by atoms with van der Waals surface area (Å²) in [6.07, 6.45) is 0. The molecule has 1 N–H and O–H groups in total. The van der Waals surface area contributed by atoms with Crippen LogP contribution < -0.4 is 4.74 Å². The Hall–Kier alpha value is -1.64. The SMILES string of the molecule is COc1cccc(C(=O)N2CCN(CCO)[C@@H]3CS(=O)(=O)C[C@@H]32)c1C. The molecule has 2 fully saturated rings. The molecular formula is C17H24N2O5S. The number of fused-ring (bicyclic) bond motifs is 1. The quantitative estimate of drug-likeness (QED) is 0.800.